The molecule has 8 heteroatoms. The van der Waals surface area contributed by atoms with Crippen LogP contribution in [-0.2, 0) is 9.53 Å². The summed E-state index contributed by atoms with van der Waals surface area (Å²) in [6.07, 6.45) is 10.6. The average molecular weight is 550 g/mol. The summed E-state index contributed by atoms with van der Waals surface area (Å²) in [4.78, 5) is 22.4. The van der Waals surface area contributed by atoms with Crippen molar-refractivity contribution in [1.29, 1.82) is 0 Å². The molecule has 180 valence electrons. The van der Waals surface area contributed by atoms with E-state index in [4.69, 9.17) is 9.73 Å². The third kappa shape index (κ3) is 6.69. The third-order valence-electron chi connectivity index (χ3n) is 7.36. The maximum absolute atomic E-state index is 12.9. The van der Waals surface area contributed by atoms with E-state index in [2.05, 4.69) is 22.5 Å². The molecule has 0 aromatic carbocycles. The lowest BCUT2D eigenvalue weighted by Gasteiger charge is -2.47. The highest BCUT2D eigenvalue weighted by Gasteiger charge is 2.42. The largest absolute Gasteiger partial charge is 0.379 e. The van der Waals surface area contributed by atoms with E-state index in [1.807, 2.05) is 14.1 Å². The summed E-state index contributed by atoms with van der Waals surface area (Å²) in [5.41, 5.74) is -0.124. The van der Waals surface area contributed by atoms with Gasteiger partial charge >= 0.3 is 0 Å². The normalized spacial score (nSPS) is 23.6. The number of carbonyl (C=O) groups excluding carboxylic acids is 1. The summed E-state index contributed by atoms with van der Waals surface area (Å²) in [5.74, 6) is 1.11. The number of amides is 1. The van der Waals surface area contributed by atoms with Gasteiger partial charge in [-0.15, -0.1) is 24.0 Å². The van der Waals surface area contributed by atoms with E-state index >= 15 is 0 Å². The van der Waals surface area contributed by atoms with Crippen LogP contribution in [0.25, 0.3) is 0 Å². The molecule has 7 nitrogen and oxygen atoms in total. The minimum absolute atomic E-state index is 0. The van der Waals surface area contributed by atoms with Crippen LogP contribution >= 0.6 is 24.0 Å². The molecule has 1 heterocycles. The fourth-order valence-corrected chi connectivity index (χ4v) is 5.64. The minimum atomic E-state index is -0.285. The molecular formula is C23H44IN5O2. The quantitative estimate of drug-likeness (QED) is 0.291. The standard InChI is InChI=1S/C23H43N5O2.HI/c1-4-24-21(25-18-22(10-8-9-11-22)20(29)27(2)3)26-19-23(12-6-5-7-13-23)28-14-16-30-17-15-28;/h4-19H2,1-3H3,(H2,24,25,26);1H. The summed E-state index contributed by atoms with van der Waals surface area (Å²) in [7, 11) is 3.74. The smallest absolute Gasteiger partial charge is 0.230 e. The molecule has 2 N–H and O–H groups in total. The van der Waals surface area contributed by atoms with E-state index in [9.17, 15) is 4.79 Å². The van der Waals surface area contributed by atoms with Crippen molar-refractivity contribution in [1.82, 2.24) is 20.4 Å². The molecule has 0 unspecified atom stereocenters. The van der Waals surface area contributed by atoms with Crippen LogP contribution in [0, 0.1) is 5.41 Å². The lowest BCUT2D eigenvalue weighted by molar-refractivity contribution is -0.138. The number of hydrogen-bond donors (Lipinski definition) is 2. The second kappa shape index (κ2) is 12.6. The predicted octanol–water partition coefficient (Wildman–Crippen LogP) is 2.84. The lowest BCUT2D eigenvalue weighted by atomic mass is 9.80. The van der Waals surface area contributed by atoms with Gasteiger partial charge in [0.15, 0.2) is 5.96 Å². The first-order chi connectivity index (χ1) is 14.5. The van der Waals surface area contributed by atoms with Crippen molar-refractivity contribution in [3.63, 3.8) is 0 Å². The molecular weight excluding hydrogens is 505 g/mol. The van der Waals surface area contributed by atoms with E-state index in [-0.39, 0.29) is 40.8 Å². The molecule has 1 amide bonds. The Balaban J connectivity index is 0.00000341. The Morgan fingerprint density at radius 3 is 2.19 bits per heavy atom. The number of nitrogens with one attached hydrogen (secondary N) is 2. The molecule has 2 saturated carbocycles. The van der Waals surface area contributed by atoms with Crippen LogP contribution in [0.2, 0.25) is 0 Å². The lowest BCUT2D eigenvalue weighted by Crippen LogP contribution is -2.57. The highest BCUT2D eigenvalue weighted by molar-refractivity contribution is 14.0. The fourth-order valence-electron chi connectivity index (χ4n) is 5.64. The fraction of sp³-hybridized carbons (Fsp3) is 0.913. The number of morpholine rings is 1. The van der Waals surface area contributed by atoms with Crippen molar-refractivity contribution in [2.75, 3.05) is 60.0 Å². The third-order valence-corrected chi connectivity index (χ3v) is 7.36. The van der Waals surface area contributed by atoms with E-state index < -0.39 is 0 Å². The average Bonchev–Trinajstić information content (AvgIpc) is 3.26. The zero-order chi connectivity index (χ0) is 21.5. The van der Waals surface area contributed by atoms with Gasteiger partial charge in [0.25, 0.3) is 0 Å². The van der Waals surface area contributed by atoms with Crippen molar-refractivity contribution in [2.45, 2.75) is 70.3 Å². The molecule has 0 atom stereocenters. The van der Waals surface area contributed by atoms with Gasteiger partial charge in [-0.3, -0.25) is 14.7 Å². The van der Waals surface area contributed by atoms with Crippen LogP contribution < -0.4 is 10.6 Å². The van der Waals surface area contributed by atoms with Crippen molar-refractivity contribution < 1.29 is 9.53 Å². The molecule has 31 heavy (non-hydrogen) atoms. The summed E-state index contributed by atoms with van der Waals surface area (Å²) in [6.45, 7) is 8.10. The van der Waals surface area contributed by atoms with Crippen LogP contribution in [-0.4, -0.2) is 87.2 Å². The van der Waals surface area contributed by atoms with Crippen LogP contribution in [0.15, 0.2) is 4.99 Å². The summed E-state index contributed by atoms with van der Waals surface area (Å²) < 4.78 is 5.61. The van der Waals surface area contributed by atoms with Gasteiger partial charge in [0.1, 0.15) is 0 Å². The van der Waals surface area contributed by atoms with Gasteiger partial charge in [-0.25, -0.2) is 0 Å². The zero-order valence-corrected chi connectivity index (χ0v) is 22.2. The molecule has 3 fully saturated rings. The maximum atomic E-state index is 12.9. The number of halogens is 1. The highest BCUT2D eigenvalue weighted by Crippen LogP contribution is 2.39. The topological polar surface area (TPSA) is 69.2 Å². The summed E-state index contributed by atoms with van der Waals surface area (Å²) in [5, 5.41) is 6.97. The molecule has 3 rings (SSSR count). The van der Waals surface area contributed by atoms with Crippen molar-refractivity contribution >= 4 is 35.8 Å². The molecule has 1 saturated heterocycles. The van der Waals surface area contributed by atoms with Crippen molar-refractivity contribution in [3.8, 4) is 0 Å². The van der Waals surface area contributed by atoms with Gasteiger partial charge in [-0.05, 0) is 32.6 Å². The Hall–Kier alpha value is -0.610. The van der Waals surface area contributed by atoms with Gasteiger partial charge in [0.2, 0.25) is 5.91 Å². The Morgan fingerprint density at radius 1 is 1.00 bits per heavy atom. The molecule has 0 aromatic rings. The van der Waals surface area contributed by atoms with Gasteiger partial charge in [-0.1, -0.05) is 32.1 Å². The first-order valence-corrected chi connectivity index (χ1v) is 12.1. The Bertz CT molecular complexity index is 581. The molecule has 0 radical (unpaired) electrons. The van der Waals surface area contributed by atoms with E-state index in [1.165, 1.54) is 32.1 Å². The molecule has 3 aliphatic rings. The predicted molar refractivity (Wildman–Crippen MR) is 137 cm³/mol. The number of aliphatic imine (C=N–C) groups is 1. The molecule has 1 aliphatic heterocycles. The number of hydrogen-bond acceptors (Lipinski definition) is 4. The van der Waals surface area contributed by atoms with E-state index in [0.29, 0.717) is 6.54 Å². The summed E-state index contributed by atoms with van der Waals surface area (Å²) >= 11 is 0. The van der Waals surface area contributed by atoms with Crippen LogP contribution in [0.5, 0.6) is 0 Å². The monoisotopic (exact) mass is 549 g/mol. The minimum Gasteiger partial charge on any atom is -0.379 e. The van der Waals surface area contributed by atoms with Crippen molar-refractivity contribution in [2.24, 2.45) is 10.4 Å². The Labute approximate surface area is 206 Å². The first kappa shape index (κ1) is 26.6. The summed E-state index contributed by atoms with van der Waals surface area (Å²) in [6, 6.07) is 0. The van der Waals surface area contributed by atoms with Gasteiger partial charge < -0.3 is 20.3 Å². The van der Waals surface area contributed by atoms with Gasteiger partial charge in [0.05, 0.1) is 25.2 Å². The molecule has 0 bridgehead atoms. The molecule has 0 aromatic heterocycles. The number of nitrogens with zero attached hydrogens (tertiary/aromatic N) is 3. The highest BCUT2D eigenvalue weighted by atomic mass is 127. The van der Waals surface area contributed by atoms with Crippen molar-refractivity contribution in [3.05, 3.63) is 0 Å². The second-order valence-electron chi connectivity index (χ2n) is 9.62. The second-order valence-corrected chi connectivity index (χ2v) is 9.62. The maximum Gasteiger partial charge on any atom is 0.230 e. The van der Waals surface area contributed by atoms with Crippen LogP contribution in [0.3, 0.4) is 0 Å². The number of ether oxygens (including phenoxy) is 1. The van der Waals surface area contributed by atoms with Gasteiger partial charge in [0, 0.05) is 45.8 Å². The van der Waals surface area contributed by atoms with Gasteiger partial charge in [-0.2, -0.15) is 0 Å². The molecule has 2 aliphatic carbocycles. The number of carbonyl (C=O) groups is 1. The number of rotatable bonds is 7. The first-order valence-electron chi connectivity index (χ1n) is 12.1. The van der Waals surface area contributed by atoms with E-state index in [0.717, 1.165) is 71.0 Å². The van der Waals surface area contributed by atoms with Crippen LogP contribution in [0.1, 0.15) is 64.7 Å². The number of guanidine groups is 1. The van der Waals surface area contributed by atoms with Crippen LogP contribution in [0.4, 0.5) is 0 Å². The zero-order valence-electron chi connectivity index (χ0n) is 19.9. The Morgan fingerprint density at radius 2 is 1.61 bits per heavy atom. The Kier molecular flexibility index (Phi) is 10.8. The van der Waals surface area contributed by atoms with E-state index in [1.54, 1.807) is 4.90 Å². The molecule has 0 spiro atoms. The SMILES string of the molecule is CCNC(=NCC1(N2CCOCC2)CCCCC1)NCC1(C(=O)N(C)C)CCCC1.I.